The number of unbranched alkanes of at least 4 members (excludes halogenated alkanes) is 2. The molecule has 0 saturated carbocycles. The molecule has 0 fully saturated rings. The minimum atomic E-state index is -3.22. The van der Waals surface area contributed by atoms with E-state index in [2.05, 4.69) is 11.3 Å². The highest BCUT2D eigenvalue weighted by molar-refractivity contribution is 7.89. The average molecular weight is 235 g/mol. The Bertz CT molecular complexity index is 297. The molecule has 0 aromatic carbocycles. The fraction of sp³-hybridized carbons (Fsp3) is 0.667. The Morgan fingerprint density at radius 2 is 2.00 bits per heavy atom. The first kappa shape index (κ1) is 14.1. The first-order chi connectivity index (χ1) is 6.98. The third-order valence-electron chi connectivity index (χ3n) is 1.73. The Hall–Kier alpha value is -0.880. The second-order valence-electron chi connectivity index (χ2n) is 3.17. The van der Waals surface area contributed by atoms with E-state index in [1.54, 1.807) is 0 Å². The van der Waals surface area contributed by atoms with Gasteiger partial charge in [-0.15, -0.1) is 6.58 Å². The summed E-state index contributed by atoms with van der Waals surface area (Å²) in [6.07, 6.45) is 3.41. The number of aliphatic carboxylic acids is 1. The zero-order chi connectivity index (χ0) is 11.7. The fourth-order valence-electron chi connectivity index (χ4n) is 1.02. The van der Waals surface area contributed by atoms with E-state index in [1.165, 1.54) is 6.08 Å². The van der Waals surface area contributed by atoms with Crippen LogP contribution in [0.4, 0.5) is 0 Å². The van der Waals surface area contributed by atoms with Gasteiger partial charge < -0.3 is 5.11 Å². The highest BCUT2D eigenvalue weighted by Crippen LogP contribution is 1.99. The Morgan fingerprint density at radius 3 is 2.53 bits per heavy atom. The molecule has 5 nitrogen and oxygen atoms in total. The van der Waals surface area contributed by atoms with Crippen LogP contribution in [-0.2, 0) is 14.8 Å². The van der Waals surface area contributed by atoms with Crippen LogP contribution in [0.15, 0.2) is 12.7 Å². The lowest BCUT2D eigenvalue weighted by atomic mass is 10.2. The molecule has 0 aliphatic rings. The van der Waals surface area contributed by atoms with Crippen LogP contribution in [0.25, 0.3) is 0 Å². The van der Waals surface area contributed by atoms with Gasteiger partial charge in [0, 0.05) is 13.0 Å². The predicted molar refractivity (Wildman–Crippen MR) is 58.1 cm³/mol. The average Bonchev–Trinajstić information content (AvgIpc) is 2.10. The Labute approximate surface area is 90.2 Å². The number of nitrogens with one attached hydrogen (secondary N) is 1. The molecule has 0 amide bonds. The maximum absolute atomic E-state index is 11.1. The molecule has 0 aromatic heterocycles. The molecule has 0 aliphatic heterocycles. The van der Waals surface area contributed by atoms with Crippen LogP contribution in [-0.4, -0.2) is 31.8 Å². The van der Waals surface area contributed by atoms with Crippen LogP contribution in [0.3, 0.4) is 0 Å². The zero-order valence-corrected chi connectivity index (χ0v) is 9.42. The highest BCUT2D eigenvalue weighted by Gasteiger charge is 2.05. The number of hydrogen-bond donors (Lipinski definition) is 2. The lowest BCUT2D eigenvalue weighted by Gasteiger charge is -2.03. The minimum Gasteiger partial charge on any atom is -0.481 e. The van der Waals surface area contributed by atoms with Crippen molar-refractivity contribution in [2.45, 2.75) is 25.7 Å². The van der Waals surface area contributed by atoms with Crippen LogP contribution >= 0.6 is 0 Å². The summed E-state index contributed by atoms with van der Waals surface area (Å²) in [5.41, 5.74) is 0. The van der Waals surface area contributed by atoms with Crippen LogP contribution in [0.1, 0.15) is 25.7 Å². The van der Waals surface area contributed by atoms with Gasteiger partial charge in [-0.1, -0.05) is 12.5 Å². The van der Waals surface area contributed by atoms with Crippen LogP contribution < -0.4 is 4.72 Å². The van der Waals surface area contributed by atoms with Crippen LogP contribution in [0, 0.1) is 0 Å². The summed E-state index contributed by atoms with van der Waals surface area (Å²) in [4.78, 5) is 10.2. The molecule has 0 spiro atoms. The van der Waals surface area contributed by atoms with Gasteiger partial charge in [0.05, 0.1) is 5.75 Å². The van der Waals surface area contributed by atoms with Crippen molar-refractivity contribution in [3.05, 3.63) is 12.7 Å². The monoisotopic (exact) mass is 235 g/mol. The van der Waals surface area contributed by atoms with E-state index in [-0.39, 0.29) is 12.2 Å². The van der Waals surface area contributed by atoms with Gasteiger partial charge in [-0.25, -0.2) is 13.1 Å². The van der Waals surface area contributed by atoms with Gasteiger partial charge in [-0.05, 0) is 12.8 Å². The van der Waals surface area contributed by atoms with Crippen molar-refractivity contribution in [1.29, 1.82) is 0 Å². The molecule has 0 radical (unpaired) electrons. The second kappa shape index (κ2) is 7.42. The topological polar surface area (TPSA) is 83.5 Å². The summed E-state index contributed by atoms with van der Waals surface area (Å²) in [5, 5.41) is 8.35. The molecule has 6 heteroatoms. The molecule has 0 aliphatic carbocycles. The molecule has 15 heavy (non-hydrogen) atoms. The summed E-state index contributed by atoms with van der Waals surface area (Å²) >= 11 is 0. The second-order valence-corrected chi connectivity index (χ2v) is 5.02. The molecule has 0 rings (SSSR count). The van der Waals surface area contributed by atoms with Crippen molar-refractivity contribution in [2.75, 3.05) is 12.3 Å². The molecular formula is C9H17NO4S. The number of carboxylic acid groups (broad SMARTS) is 1. The summed E-state index contributed by atoms with van der Waals surface area (Å²) in [6.45, 7) is 3.70. The molecular weight excluding hydrogens is 218 g/mol. The number of carboxylic acids is 1. The SMILES string of the molecule is C=CCS(=O)(=O)NCCCCCC(=O)O. The molecule has 0 aromatic rings. The normalized spacial score (nSPS) is 11.2. The van der Waals surface area contributed by atoms with E-state index in [9.17, 15) is 13.2 Å². The number of sulfonamides is 1. The van der Waals surface area contributed by atoms with E-state index in [4.69, 9.17) is 5.11 Å². The summed E-state index contributed by atoms with van der Waals surface area (Å²) in [7, 11) is -3.22. The third-order valence-corrected chi connectivity index (χ3v) is 3.05. The lowest BCUT2D eigenvalue weighted by Crippen LogP contribution is -2.26. The Morgan fingerprint density at radius 1 is 1.33 bits per heavy atom. The van der Waals surface area contributed by atoms with Crippen molar-refractivity contribution in [3.8, 4) is 0 Å². The largest absolute Gasteiger partial charge is 0.481 e. The van der Waals surface area contributed by atoms with E-state index >= 15 is 0 Å². The standard InChI is InChI=1S/C9H17NO4S/c1-2-8-15(13,14)10-7-5-3-4-6-9(11)12/h2,10H,1,3-8H2,(H,11,12). The van der Waals surface area contributed by atoms with Crippen molar-refractivity contribution < 1.29 is 18.3 Å². The maximum atomic E-state index is 11.1. The maximum Gasteiger partial charge on any atom is 0.303 e. The third kappa shape index (κ3) is 9.42. The Kier molecular flexibility index (Phi) is 6.98. The van der Waals surface area contributed by atoms with E-state index in [0.717, 1.165) is 0 Å². The van der Waals surface area contributed by atoms with Gasteiger partial charge in [0.1, 0.15) is 0 Å². The predicted octanol–water partition coefficient (Wildman–Crippen LogP) is 0.737. The molecule has 88 valence electrons. The van der Waals surface area contributed by atoms with Gasteiger partial charge in [0.2, 0.25) is 10.0 Å². The van der Waals surface area contributed by atoms with Crippen molar-refractivity contribution in [2.24, 2.45) is 0 Å². The fourth-order valence-corrected chi connectivity index (χ4v) is 1.90. The summed E-state index contributed by atoms with van der Waals surface area (Å²) < 4.78 is 24.6. The molecule has 2 N–H and O–H groups in total. The molecule has 0 heterocycles. The highest BCUT2D eigenvalue weighted by atomic mass is 32.2. The quantitative estimate of drug-likeness (QED) is 0.456. The summed E-state index contributed by atoms with van der Waals surface area (Å²) in [5.74, 6) is -0.899. The molecule has 0 atom stereocenters. The first-order valence-corrected chi connectivity index (χ1v) is 6.43. The number of rotatable bonds is 9. The molecule has 0 bridgehead atoms. The van der Waals surface area contributed by atoms with Crippen LogP contribution in [0.5, 0.6) is 0 Å². The zero-order valence-electron chi connectivity index (χ0n) is 8.61. The van der Waals surface area contributed by atoms with Gasteiger partial charge >= 0.3 is 5.97 Å². The smallest absolute Gasteiger partial charge is 0.303 e. The number of carbonyl (C=O) groups is 1. The van der Waals surface area contributed by atoms with Crippen molar-refractivity contribution in [3.63, 3.8) is 0 Å². The first-order valence-electron chi connectivity index (χ1n) is 4.78. The van der Waals surface area contributed by atoms with Gasteiger partial charge in [-0.3, -0.25) is 4.79 Å². The van der Waals surface area contributed by atoms with Gasteiger partial charge in [-0.2, -0.15) is 0 Å². The molecule has 0 unspecified atom stereocenters. The van der Waals surface area contributed by atoms with E-state index in [0.29, 0.717) is 25.8 Å². The van der Waals surface area contributed by atoms with Crippen molar-refractivity contribution >= 4 is 16.0 Å². The lowest BCUT2D eigenvalue weighted by molar-refractivity contribution is -0.137. The van der Waals surface area contributed by atoms with E-state index in [1.807, 2.05) is 0 Å². The van der Waals surface area contributed by atoms with Gasteiger partial charge in [0.25, 0.3) is 0 Å². The van der Waals surface area contributed by atoms with E-state index < -0.39 is 16.0 Å². The Balaban J connectivity index is 3.46. The minimum absolute atomic E-state index is 0.0812. The van der Waals surface area contributed by atoms with Gasteiger partial charge in [0.15, 0.2) is 0 Å². The summed E-state index contributed by atoms with van der Waals surface area (Å²) in [6, 6.07) is 0. The van der Waals surface area contributed by atoms with Crippen molar-refractivity contribution in [1.82, 2.24) is 4.72 Å². The number of hydrogen-bond acceptors (Lipinski definition) is 3. The molecule has 0 saturated heterocycles. The van der Waals surface area contributed by atoms with Crippen LogP contribution in [0.2, 0.25) is 0 Å².